The molecule has 1 rings (SSSR count). The van der Waals surface area contributed by atoms with Crippen LogP contribution in [0.1, 0.15) is 13.3 Å². The molecule has 4 nitrogen and oxygen atoms in total. The number of anilines is 1. The number of primary amides is 1. The van der Waals surface area contributed by atoms with Gasteiger partial charge in [0.2, 0.25) is 11.8 Å². The van der Waals surface area contributed by atoms with Gasteiger partial charge in [0.15, 0.2) is 0 Å². The summed E-state index contributed by atoms with van der Waals surface area (Å²) in [5, 5.41) is 2.70. The molecule has 1 unspecified atom stereocenters. The summed E-state index contributed by atoms with van der Waals surface area (Å²) in [7, 11) is 0. The van der Waals surface area contributed by atoms with E-state index in [4.69, 9.17) is 5.73 Å². The number of carbonyl (C=O) groups excluding carboxylic acids is 2. The number of halogens is 1. The summed E-state index contributed by atoms with van der Waals surface area (Å²) in [6.07, 6.45) is 0.0939. The molecule has 0 aliphatic rings. The van der Waals surface area contributed by atoms with Crippen molar-refractivity contribution in [2.75, 3.05) is 5.32 Å². The average molecular weight is 285 g/mol. The first kappa shape index (κ1) is 12.7. The number of rotatable bonds is 4. The van der Waals surface area contributed by atoms with Gasteiger partial charge in [-0.3, -0.25) is 9.59 Å². The molecule has 0 bridgehead atoms. The largest absolute Gasteiger partial charge is 0.369 e. The van der Waals surface area contributed by atoms with Gasteiger partial charge in [0.05, 0.1) is 5.69 Å². The van der Waals surface area contributed by atoms with Crippen LogP contribution in [-0.2, 0) is 9.59 Å². The van der Waals surface area contributed by atoms with Gasteiger partial charge in [-0.15, -0.1) is 0 Å². The van der Waals surface area contributed by atoms with E-state index in [0.29, 0.717) is 5.69 Å². The lowest BCUT2D eigenvalue weighted by atomic mass is 10.1. The molecule has 0 spiro atoms. The molecule has 1 atom stereocenters. The predicted molar refractivity (Wildman–Crippen MR) is 65.7 cm³/mol. The Hall–Kier alpha value is -1.36. The Bertz CT molecular complexity index is 407. The zero-order chi connectivity index (χ0) is 12.1. The lowest BCUT2D eigenvalue weighted by Gasteiger charge is -2.09. The van der Waals surface area contributed by atoms with Gasteiger partial charge in [0.25, 0.3) is 0 Å². The van der Waals surface area contributed by atoms with Crippen LogP contribution in [-0.4, -0.2) is 11.8 Å². The number of amides is 2. The molecule has 86 valence electrons. The van der Waals surface area contributed by atoms with Crippen molar-refractivity contribution in [1.29, 1.82) is 0 Å². The molecule has 0 aliphatic carbocycles. The van der Waals surface area contributed by atoms with Gasteiger partial charge < -0.3 is 11.1 Å². The van der Waals surface area contributed by atoms with Crippen molar-refractivity contribution in [3.8, 4) is 0 Å². The third kappa shape index (κ3) is 3.66. The summed E-state index contributed by atoms with van der Waals surface area (Å²) >= 11 is 3.31. The van der Waals surface area contributed by atoms with Crippen LogP contribution < -0.4 is 11.1 Å². The van der Waals surface area contributed by atoms with Crippen LogP contribution in [0, 0.1) is 5.92 Å². The molecule has 1 aromatic carbocycles. The van der Waals surface area contributed by atoms with Crippen LogP contribution in [0.15, 0.2) is 28.7 Å². The molecule has 0 aliphatic heterocycles. The van der Waals surface area contributed by atoms with E-state index in [1.54, 1.807) is 13.0 Å². The fourth-order valence-corrected chi connectivity index (χ4v) is 1.53. The summed E-state index contributed by atoms with van der Waals surface area (Å²) < 4.78 is 0.801. The predicted octanol–water partition coefficient (Wildman–Crippen LogP) is 1.90. The highest BCUT2D eigenvalue weighted by molar-refractivity contribution is 9.10. The van der Waals surface area contributed by atoms with Crippen molar-refractivity contribution in [3.63, 3.8) is 0 Å². The normalized spacial score (nSPS) is 11.9. The van der Waals surface area contributed by atoms with E-state index >= 15 is 0 Å². The fraction of sp³-hybridized carbons (Fsp3) is 0.273. The van der Waals surface area contributed by atoms with Gasteiger partial charge in [0.1, 0.15) is 0 Å². The van der Waals surface area contributed by atoms with E-state index < -0.39 is 11.8 Å². The van der Waals surface area contributed by atoms with Crippen LogP contribution in [0.4, 0.5) is 5.69 Å². The number of para-hydroxylation sites is 1. The third-order valence-corrected chi connectivity index (χ3v) is 2.82. The second-order valence-corrected chi connectivity index (χ2v) is 4.39. The highest BCUT2D eigenvalue weighted by atomic mass is 79.9. The summed E-state index contributed by atoms with van der Waals surface area (Å²) in [5.41, 5.74) is 5.76. The minimum absolute atomic E-state index is 0.0939. The van der Waals surface area contributed by atoms with E-state index in [0.717, 1.165) is 4.47 Å². The van der Waals surface area contributed by atoms with Gasteiger partial charge >= 0.3 is 0 Å². The monoisotopic (exact) mass is 284 g/mol. The first-order valence-corrected chi connectivity index (χ1v) is 5.63. The van der Waals surface area contributed by atoms with Crippen molar-refractivity contribution < 1.29 is 9.59 Å². The summed E-state index contributed by atoms with van der Waals surface area (Å²) in [6, 6.07) is 7.27. The maximum Gasteiger partial charge on any atom is 0.225 e. The zero-order valence-corrected chi connectivity index (χ0v) is 10.5. The van der Waals surface area contributed by atoms with E-state index in [1.807, 2.05) is 18.2 Å². The zero-order valence-electron chi connectivity index (χ0n) is 8.87. The van der Waals surface area contributed by atoms with Crippen LogP contribution in [0.5, 0.6) is 0 Å². The van der Waals surface area contributed by atoms with Gasteiger partial charge in [0, 0.05) is 16.8 Å². The molecule has 0 fully saturated rings. The van der Waals surface area contributed by atoms with E-state index in [-0.39, 0.29) is 12.3 Å². The maximum absolute atomic E-state index is 11.5. The molecule has 0 saturated carbocycles. The molecule has 0 aromatic heterocycles. The molecule has 5 heteroatoms. The number of benzene rings is 1. The number of nitrogens with one attached hydrogen (secondary N) is 1. The van der Waals surface area contributed by atoms with Crippen LogP contribution >= 0.6 is 15.9 Å². The number of nitrogens with two attached hydrogens (primary N) is 1. The van der Waals surface area contributed by atoms with Crippen molar-refractivity contribution in [1.82, 2.24) is 0 Å². The van der Waals surface area contributed by atoms with E-state index in [1.165, 1.54) is 0 Å². The topological polar surface area (TPSA) is 72.2 Å². The Morgan fingerprint density at radius 1 is 1.44 bits per heavy atom. The number of carbonyl (C=O) groups is 2. The molecule has 0 saturated heterocycles. The highest BCUT2D eigenvalue weighted by Gasteiger charge is 2.14. The van der Waals surface area contributed by atoms with E-state index in [9.17, 15) is 9.59 Å². The number of hydrogen-bond donors (Lipinski definition) is 2. The van der Waals surface area contributed by atoms with Crippen LogP contribution in [0.3, 0.4) is 0 Å². The first-order chi connectivity index (χ1) is 7.50. The molecule has 0 heterocycles. The van der Waals surface area contributed by atoms with Crippen molar-refractivity contribution in [3.05, 3.63) is 28.7 Å². The highest BCUT2D eigenvalue weighted by Crippen LogP contribution is 2.21. The molecule has 0 radical (unpaired) electrons. The lowest BCUT2D eigenvalue weighted by Crippen LogP contribution is -2.25. The summed E-state index contributed by atoms with van der Waals surface area (Å²) in [5.74, 6) is -1.15. The summed E-state index contributed by atoms with van der Waals surface area (Å²) in [6.45, 7) is 1.63. The smallest absolute Gasteiger partial charge is 0.225 e. The standard InChI is InChI=1S/C11H13BrN2O2/c1-7(11(13)16)6-10(15)14-9-5-3-2-4-8(9)12/h2-5,7H,6H2,1H3,(H2,13,16)(H,14,15). The maximum atomic E-state index is 11.5. The first-order valence-electron chi connectivity index (χ1n) is 4.84. The SMILES string of the molecule is CC(CC(=O)Nc1ccccc1Br)C(N)=O. The Balaban J connectivity index is 2.59. The van der Waals surface area contributed by atoms with E-state index in [2.05, 4.69) is 21.2 Å². The third-order valence-electron chi connectivity index (χ3n) is 2.13. The molecular weight excluding hydrogens is 272 g/mol. The molecular formula is C11H13BrN2O2. The Kier molecular flexibility index (Phi) is 4.49. The molecule has 16 heavy (non-hydrogen) atoms. The minimum Gasteiger partial charge on any atom is -0.369 e. The van der Waals surface area contributed by atoms with Crippen LogP contribution in [0.25, 0.3) is 0 Å². The minimum atomic E-state index is -0.470. The molecule has 1 aromatic rings. The Morgan fingerprint density at radius 2 is 2.06 bits per heavy atom. The van der Waals surface area contributed by atoms with Gasteiger partial charge in [-0.1, -0.05) is 19.1 Å². The molecule has 2 amide bonds. The van der Waals surface area contributed by atoms with Crippen molar-refractivity contribution in [2.45, 2.75) is 13.3 Å². The quantitative estimate of drug-likeness (QED) is 0.886. The lowest BCUT2D eigenvalue weighted by molar-refractivity contribution is -0.125. The fourth-order valence-electron chi connectivity index (χ4n) is 1.14. The summed E-state index contributed by atoms with van der Waals surface area (Å²) in [4.78, 5) is 22.3. The van der Waals surface area contributed by atoms with Crippen LogP contribution in [0.2, 0.25) is 0 Å². The number of hydrogen-bond acceptors (Lipinski definition) is 2. The average Bonchev–Trinajstić information content (AvgIpc) is 2.21. The van der Waals surface area contributed by atoms with Crippen molar-refractivity contribution in [2.24, 2.45) is 11.7 Å². The molecule has 3 N–H and O–H groups in total. The Labute approximate surface area is 102 Å². The second kappa shape index (κ2) is 5.65. The second-order valence-electron chi connectivity index (χ2n) is 3.54. The van der Waals surface area contributed by atoms with Gasteiger partial charge in [-0.2, -0.15) is 0 Å². The van der Waals surface area contributed by atoms with Crippen molar-refractivity contribution >= 4 is 33.4 Å². The van der Waals surface area contributed by atoms with Gasteiger partial charge in [-0.25, -0.2) is 0 Å². The van der Waals surface area contributed by atoms with Gasteiger partial charge in [-0.05, 0) is 28.1 Å². The Morgan fingerprint density at radius 3 is 2.62 bits per heavy atom.